The van der Waals surface area contributed by atoms with Crippen molar-refractivity contribution in [3.05, 3.63) is 54.6 Å². The van der Waals surface area contributed by atoms with Crippen LogP contribution in [0.4, 0.5) is 10.8 Å². The molecule has 2 aromatic carbocycles. The maximum Gasteiger partial charge on any atom is 0.264 e. The number of carbonyl (C=O) groups is 1. The number of ether oxygens (including phenoxy) is 1. The van der Waals surface area contributed by atoms with Crippen LogP contribution in [-0.4, -0.2) is 43.4 Å². The number of hydrogen-bond donors (Lipinski definition) is 1. The summed E-state index contributed by atoms with van der Waals surface area (Å²) in [6, 6.07) is 14.7. The lowest BCUT2D eigenvalue weighted by Gasteiger charge is -2.25. The number of thioether (sulfide) groups is 1. The van der Waals surface area contributed by atoms with Gasteiger partial charge in [0, 0.05) is 5.75 Å². The fourth-order valence-corrected chi connectivity index (χ4v) is 6.00. The predicted molar refractivity (Wildman–Crippen MR) is 133 cm³/mol. The highest BCUT2D eigenvalue weighted by molar-refractivity contribution is 8.01. The molecule has 1 amide bonds. The zero-order valence-corrected chi connectivity index (χ0v) is 21.0. The van der Waals surface area contributed by atoms with Crippen molar-refractivity contribution in [2.75, 3.05) is 28.5 Å². The highest BCUT2D eigenvalue weighted by atomic mass is 32.2. The van der Waals surface area contributed by atoms with Crippen molar-refractivity contribution in [3.63, 3.8) is 0 Å². The molecule has 0 saturated carbocycles. The van der Waals surface area contributed by atoms with E-state index < -0.39 is 22.5 Å². The molecule has 0 spiro atoms. The summed E-state index contributed by atoms with van der Waals surface area (Å²) in [6.45, 7) is 5.93. The van der Waals surface area contributed by atoms with Gasteiger partial charge in [0.25, 0.3) is 10.0 Å². The van der Waals surface area contributed by atoms with Gasteiger partial charge in [-0.1, -0.05) is 67.3 Å². The molecule has 0 radical (unpaired) electrons. The minimum atomic E-state index is -4.04. The van der Waals surface area contributed by atoms with E-state index in [9.17, 15) is 13.2 Å². The van der Waals surface area contributed by atoms with E-state index in [1.807, 2.05) is 6.92 Å². The topological polar surface area (TPSA) is 101 Å². The lowest BCUT2D eigenvalue weighted by Crippen LogP contribution is -2.38. The Morgan fingerprint density at radius 2 is 1.82 bits per heavy atom. The number of benzene rings is 2. The maximum absolute atomic E-state index is 13.5. The van der Waals surface area contributed by atoms with Gasteiger partial charge < -0.3 is 4.74 Å². The van der Waals surface area contributed by atoms with Crippen LogP contribution in [0, 0.1) is 5.92 Å². The van der Waals surface area contributed by atoms with Crippen LogP contribution in [0.1, 0.15) is 20.8 Å². The molecule has 176 valence electrons. The average molecular weight is 507 g/mol. The molecule has 1 N–H and O–H groups in total. The van der Waals surface area contributed by atoms with E-state index in [0.29, 0.717) is 23.4 Å². The highest BCUT2D eigenvalue weighted by Crippen LogP contribution is 2.33. The van der Waals surface area contributed by atoms with E-state index in [1.165, 1.54) is 23.5 Å². The molecule has 0 bridgehead atoms. The minimum Gasteiger partial charge on any atom is -0.492 e. The molecule has 3 rings (SSSR count). The summed E-state index contributed by atoms with van der Waals surface area (Å²) in [7, 11) is -4.04. The molecule has 0 aliphatic rings. The largest absolute Gasteiger partial charge is 0.492 e. The Morgan fingerprint density at radius 3 is 2.52 bits per heavy atom. The van der Waals surface area contributed by atoms with Crippen LogP contribution in [0.25, 0.3) is 0 Å². The van der Waals surface area contributed by atoms with Crippen molar-refractivity contribution >= 4 is 49.8 Å². The number of carbonyl (C=O) groups excluding carboxylic acids is 1. The van der Waals surface area contributed by atoms with Crippen LogP contribution >= 0.6 is 23.1 Å². The second-order valence-electron chi connectivity index (χ2n) is 7.35. The summed E-state index contributed by atoms with van der Waals surface area (Å²) in [5, 5.41) is 11.1. The van der Waals surface area contributed by atoms with Gasteiger partial charge in [-0.15, -0.1) is 10.2 Å². The lowest BCUT2D eigenvalue weighted by molar-refractivity contribution is -0.114. The fraction of sp³-hybridized carbons (Fsp3) is 0.318. The number of amides is 1. The van der Waals surface area contributed by atoms with Gasteiger partial charge in [0.1, 0.15) is 12.3 Å². The third kappa shape index (κ3) is 6.68. The van der Waals surface area contributed by atoms with Gasteiger partial charge in [0.15, 0.2) is 4.34 Å². The van der Waals surface area contributed by atoms with Crippen molar-refractivity contribution in [2.45, 2.75) is 30.0 Å². The molecule has 11 heteroatoms. The number of para-hydroxylation sites is 2. The minimum absolute atomic E-state index is 0.0763. The first-order chi connectivity index (χ1) is 15.8. The number of nitrogens with zero attached hydrogens (tertiary/aromatic N) is 3. The molecule has 0 saturated heterocycles. The Balaban J connectivity index is 1.87. The summed E-state index contributed by atoms with van der Waals surface area (Å²) >= 11 is 2.82. The van der Waals surface area contributed by atoms with Crippen molar-refractivity contribution in [3.8, 4) is 5.75 Å². The first-order valence-corrected chi connectivity index (χ1v) is 13.6. The first kappa shape index (κ1) is 25.0. The second kappa shape index (κ2) is 11.5. The van der Waals surface area contributed by atoms with Crippen molar-refractivity contribution in [1.29, 1.82) is 0 Å². The maximum atomic E-state index is 13.5. The van der Waals surface area contributed by atoms with Gasteiger partial charge in [0.05, 0.1) is 17.2 Å². The molecule has 3 aromatic rings. The molecular weight excluding hydrogens is 480 g/mol. The van der Waals surface area contributed by atoms with E-state index in [4.69, 9.17) is 4.74 Å². The SMILES string of the molecule is CCOc1ccccc1N(CC(=O)Nc1nnc(SCC(C)C)s1)S(=O)(=O)c1ccccc1. The average Bonchev–Trinajstić information content (AvgIpc) is 3.24. The molecular formula is C22H26N4O4S3. The van der Waals surface area contributed by atoms with Crippen LogP contribution in [0.5, 0.6) is 5.75 Å². The van der Waals surface area contributed by atoms with Crippen molar-refractivity contribution in [1.82, 2.24) is 10.2 Å². The van der Waals surface area contributed by atoms with Gasteiger partial charge in [0.2, 0.25) is 11.0 Å². The monoisotopic (exact) mass is 506 g/mol. The number of nitrogens with one attached hydrogen (secondary N) is 1. The number of aromatic nitrogens is 2. The number of hydrogen-bond acceptors (Lipinski definition) is 8. The van der Waals surface area contributed by atoms with Crippen LogP contribution in [0.3, 0.4) is 0 Å². The van der Waals surface area contributed by atoms with E-state index in [2.05, 4.69) is 29.4 Å². The molecule has 0 atom stereocenters. The van der Waals surface area contributed by atoms with Crippen LogP contribution in [0.15, 0.2) is 63.8 Å². The Morgan fingerprint density at radius 1 is 1.12 bits per heavy atom. The Labute approximate surface area is 202 Å². The smallest absolute Gasteiger partial charge is 0.264 e. The quantitative estimate of drug-likeness (QED) is 0.301. The van der Waals surface area contributed by atoms with Gasteiger partial charge in [-0.05, 0) is 37.1 Å². The van der Waals surface area contributed by atoms with Crippen molar-refractivity contribution < 1.29 is 17.9 Å². The third-order valence-corrected chi connectivity index (χ3v) is 8.42. The molecule has 0 aliphatic heterocycles. The third-order valence-electron chi connectivity index (χ3n) is 4.25. The van der Waals surface area contributed by atoms with Gasteiger partial charge in [-0.2, -0.15) is 0 Å². The molecule has 0 aliphatic carbocycles. The number of anilines is 2. The summed E-state index contributed by atoms with van der Waals surface area (Å²) in [5.41, 5.74) is 0.281. The Bertz CT molecular complexity index is 1170. The summed E-state index contributed by atoms with van der Waals surface area (Å²) < 4.78 is 34.4. The van der Waals surface area contributed by atoms with E-state index in [0.717, 1.165) is 14.4 Å². The summed E-state index contributed by atoms with van der Waals surface area (Å²) in [5.74, 6) is 1.23. The molecule has 1 heterocycles. The van der Waals surface area contributed by atoms with Gasteiger partial charge in [-0.25, -0.2) is 8.42 Å². The Kier molecular flexibility index (Phi) is 8.70. The van der Waals surface area contributed by atoms with E-state index in [-0.39, 0.29) is 10.6 Å². The van der Waals surface area contributed by atoms with Crippen molar-refractivity contribution in [2.24, 2.45) is 5.92 Å². The molecule has 8 nitrogen and oxygen atoms in total. The first-order valence-electron chi connectivity index (χ1n) is 10.4. The standard InChI is InChI=1S/C22H26N4O4S3/c1-4-30-19-13-9-8-12-18(19)26(33(28,29)17-10-6-5-7-11-17)14-20(27)23-21-24-25-22(32-21)31-15-16(2)3/h5-13,16H,4,14-15H2,1-3H3,(H,23,24,27). The predicted octanol–water partition coefficient (Wildman–Crippen LogP) is 4.52. The van der Waals surface area contributed by atoms with Crippen LogP contribution in [0.2, 0.25) is 0 Å². The summed E-state index contributed by atoms with van der Waals surface area (Å²) in [4.78, 5) is 13.0. The number of rotatable bonds is 11. The fourth-order valence-electron chi connectivity index (χ4n) is 2.81. The molecule has 33 heavy (non-hydrogen) atoms. The molecule has 1 aromatic heterocycles. The zero-order valence-electron chi connectivity index (χ0n) is 18.6. The van der Waals surface area contributed by atoms with Gasteiger partial charge in [-0.3, -0.25) is 14.4 Å². The zero-order chi connectivity index (χ0) is 23.8. The highest BCUT2D eigenvalue weighted by Gasteiger charge is 2.29. The summed E-state index contributed by atoms with van der Waals surface area (Å²) in [6.07, 6.45) is 0. The molecule has 0 fully saturated rings. The van der Waals surface area contributed by atoms with Crippen LogP contribution < -0.4 is 14.4 Å². The van der Waals surface area contributed by atoms with Crippen LogP contribution in [-0.2, 0) is 14.8 Å². The lowest BCUT2D eigenvalue weighted by atomic mass is 10.3. The van der Waals surface area contributed by atoms with Gasteiger partial charge >= 0.3 is 0 Å². The number of sulfonamides is 1. The second-order valence-corrected chi connectivity index (χ2v) is 11.5. The van der Waals surface area contributed by atoms with E-state index in [1.54, 1.807) is 54.2 Å². The normalized spacial score (nSPS) is 11.4. The molecule has 0 unspecified atom stereocenters. The van der Waals surface area contributed by atoms with E-state index >= 15 is 0 Å². The Hall–Kier alpha value is -2.63.